The number of rotatable bonds is 5. The van der Waals surface area contributed by atoms with Gasteiger partial charge in [-0.2, -0.15) is 5.10 Å². The van der Waals surface area contributed by atoms with Crippen molar-refractivity contribution in [3.8, 4) is 5.75 Å². The summed E-state index contributed by atoms with van der Waals surface area (Å²) in [5, 5.41) is 6.69. The molecule has 0 saturated heterocycles. The van der Waals surface area contributed by atoms with Crippen molar-refractivity contribution in [3.63, 3.8) is 0 Å². The van der Waals surface area contributed by atoms with E-state index in [-0.39, 0.29) is 12.5 Å². The number of nitrogens with one attached hydrogen (secondary N) is 1. The lowest BCUT2D eigenvalue weighted by atomic mass is 10.1. The van der Waals surface area contributed by atoms with Crippen molar-refractivity contribution in [2.24, 2.45) is 5.10 Å². The first-order valence-electron chi connectivity index (χ1n) is 7.40. The smallest absolute Gasteiger partial charge is 0.277 e. The molecular weight excluding hydrogens is 324 g/mol. The molecule has 0 radical (unpaired) electrons. The third kappa shape index (κ3) is 4.12. The lowest BCUT2D eigenvalue weighted by Crippen LogP contribution is -2.24. The first-order valence-corrected chi connectivity index (χ1v) is 7.78. The van der Waals surface area contributed by atoms with Crippen molar-refractivity contribution in [1.82, 2.24) is 5.43 Å². The summed E-state index contributed by atoms with van der Waals surface area (Å²) in [5.74, 6) is 0.111. The minimum absolute atomic E-state index is 0.154. The molecule has 4 nitrogen and oxygen atoms in total. The number of nitrogens with zero attached hydrogens (tertiary/aromatic N) is 1. The molecule has 0 aliphatic carbocycles. The molecule has 24 heavy (non-hydrogen) atoms. The lowest BCUT2D eigenvalue weighted by molar-refractivity contribution is -0.123. The average molecular weight is 339 g/mol. The SMILES string of the molecule is O=C(COc1ccccc1Cl)N/N=C/c1ccc2ccccc2c1. The van der Waals surface area contributed by atoms with E-state index < -0.39 is 0 Å². The molecule has 0 aliphatic rings. The first kappa shape index (κ1) is 16.0. The van der Waals surface area contributed by atoms with Gasteiger partial charge in [0.15, 0.2) is 6.61 Å². The number of benzene rings is 3. The van der Waals surface area contributed by atoms with Gasteiger partial charge in [-0.25, -0.2) is 5.43 Å². The number of amides is 1. The number of hydrazone groups is 1. The molecule has 3 aromatic carbocycles. The number of ether oxygens (including phenoxy) is 1. The highest BCUT2D eigenvalue weighted by molar-refractivity contribution is 6.32. The summed E-state index contributed by atoms with van der Waals surface area (Å²) >= 11 is 5.95. The highest BCUT2D eigenvalue weighted by Crippen LogP contribution is 2.22. The molecule has 0 spiro atoms. The van der Waals surface area contributed by atoms with Crippen molar-refractivity contribution in [3.05, 3.63) is 77.3 Å². The number of hydrogen-bond donors (Lipinski definition) is 1. The van der Waals surface area contributed by atoms with Crippen LogP contribution >= 0.6 is 11.6 Å². The monoisotopic (exact) mass is 338 g/mol. The van der Waals surface area contributed by atoms with Gasteiger partial charge in [0.05, 0.1) is 11.2 Å². The molecule has 5 heteroatoms. The summed E-state index contributed by atoms with van der Waals surface area (Å²) in [6, 6.07) is 21.0. The second kappa shape index (κ2) is 7.62. The van der Waals surface area contributed by atoms with Crippen molar-refractivity contribution in [2.75, 3.05) is 6.61 Å². The maximum absolute atomic E-state index is 11.7. The zero-order valence-electron chi connectivity index (χ0n) is 12.8. The molecule has 0 heterocycles. The Morgan fingerprint density at radius 3 is 2.62 bits per heavy atom. The Bertz CT molecular complexity index is 893. The van der Waals surface area contributed by atoms with E-state index in [2.05, 4.69) is 10.5 Å². The van der Waals surface area contributed by atoms with Crippen LogP contribution < -0.4 is 10.2 Å². The van der Waals surface area contributed by atoms with Crippen LogP contribution in [0.3, 0.4) is 0 Å². The van der Waals surface area contributed by atoms with Crippen LogP contribution in [0.2, 0.25) is 5.02 Å². The van der Waals surface area contributed by atoms with Crippen LogP contribution in [0.25, 0.3) is 10.8 Å². The van der Waals surface area contributed by atoms with Crippen LogP contribution in [-0.2, 0) is 4.79 Å². The van der Waals surface area contributed by atoms with Crippen LogP contribution in [0.4, 0.5) is 0 Å². The number of carbonyl (C=O) groups is 1. The molecule has 0 atom stereocenters. The summed E-state index contributed by atoms with van der Waals surface area (Å²) in [6.07, 6.45) is 1.60. The van der Waals surface area contributed by atoms with Crippen molar-refractivity contribution in [2.45, 2.75) is 0 Å². The van der Waals surface area contributed by atoms with Gasteiger partial charge >= 0.3 is 0 Å². The fourth-order valence-corrected chi connectivity index (χ4v) is 2.39. The predicted molar refractivity (Wildman–Crippen MR) is 96.6 cm³/mol. The van der Waals surface area contributed by atoms with E-state index in [9.17, 15) is 4.79 Å². The van der Waals surface area contributed by atoms with Crippen LogP contribution in [0, 0.1) is 0 Å². The molecule has 3 aromatic rings. The highest BCUT2D eigenvalue weighted by Gasteiger charge is 2.04. The van der Waals surface area contributed by atoms with E-state index in [0.717, 1.165) is 16.3 Å². The van der Waals surface area contributed by atoms with Crippen LogP contribution in [-0.4, -0.2) is 18.7 Å². The average Bonchev–Trinajstić information content (AvgIpc) is 2.61. The van der Waals surface area contributed by atoms with E-state index in [1.807, 2.05) is 42.5 Å². The first-order chi connectivity index (χ1) is 11.7. The van der Waals surface area contributed by atoms with Crippen molar-refractivity contribution >= 4 is 34.5 Å². The molecule has 0 saturated carbocycles. The van der Waals surface area contributed by atoms with Gasteiger partial charge in [0.1, 0.15) is 5.75 Å². The number of para-hydroxylation sites is 1. The quantitative estimate of drug-likeness (QED) is 0.564. The zero-order chi connectivity index (χ0) is 16.8. The van der Waals surface area contributed by atoms with E-state index >= 15 is 0 Å². The topological polar surface area (TPSA) is 50.7 Å². The van der Waals surface area contributed by atoms with E-state index in [1.165, 1.54) is 0 Å². The Balaban J connectivity index is 1.55. The number of hydrogen-bond acceptors (Lipinski definition) is 3. The fraction of sp³-hybridized carbons (Fsp3) is 0.0526. The summed E-state index contributed by atoms with van der Waals surface area (Å²) in [7, 11) is 0. The molecule has 0 fully saturated rings. The third-order valence-electron chi connectivity index (χ3n) is 3.37. The molecule has 120 valence electrons. The Kier molecular flexibility index (Phi) is 5.08. The van der Waals surface area contributed by atoms with Gasteiger partial charge < -0.3 is 4.74 Å². The molecule has 0 aromatic heterocycles. The van der Waals surface area contributed by atoms with Gasteiger partial charge in [-0.1, -0.05) is 60.1 Å². The zero-order valence-corrected chi connectivity index (χ0v) is 13.5. The summed E-state index contributed by atoms with van der Waals surface area (Å²) < 4.78 is 5.34. The Morgan fingerprint density at radius 2 is 1.79 bits per heavy atom. The van der Waals surface area contributed by atoms with E-state index in [0.29, 0.717) is 10.8 Å². The van der Waals surface area contributed by atoms with E-state index in [1.54, 1.807) is 30.5 Å². The van der Waals surface area contributed by atoms with Gasteiger partial charge in [0, 0.05) is 0 Å². The molecule has 0 unspecified atom stereocenters. The molecule has 0 bridgehead atoms. The minimum atomic E-state index is -0.355. The van der Waals surface area contributed by atoms with Crippen molar-refractivity contribution in [1.29, 1.82) is 0 Å². The number of halogens is 1. The summed E-state index contributed by atoms with van der Waals surface area (Å²) in [6.45, 7) is -0.154. The molecular formula is C19H15ClN2O2. The molecule has 1 N–H and O–H groups in total. The second-order valence-electron chi connectivity index (χ2n) is 5.12. The van der Waals surface area contributed by atoms with Gasteiger partial charge in [0.2, 0.25) is 0 Å². The second-order valence-corrected chi connectivity index (χ2v) is 5.53. The predicted octanol–water partition coefficient (Wildman–Crippen LogP) is 4.02. The molecule has 0 aliphatic heterocycles. The number of carbonyl (C=O) groups excluding carboxylic acids is 1. The highest BCUT2D eigenvalue weighted by atomic mass is 35.5. The van der Waals surface area contributed by atoms with Gasteiger partial charge in [-0.15, -0.1) is 0 Å². The molecule has 3 rings (SSSR count). The normalized spacial score (nSPS) is 10.9. The van der Waals surface area contributed by atoms with Crippen LogP contribution in [0.15, 0.2) is 71.8 Å². The summed E-state index contributed by atoms with van der Waals surface area (Å²) in [4.78, 5) is 11.7. The standard InChI is InChI=1S/C19H15ClN2O2/c20-17-7-3-4-8-18(17)24-13-19(23)22-21-12-14-9-10-15-5-1-2-6-16(15)11-14/h1-12H,13H2,(H,22,23)/b21-12+. The van der Waals surface area contributed by atoms with Gasteiger partial charge in [-0.05, 0) is 34.5 Å². The molecule has 1 amide bonds. The maximum Gasteiger partial charge on any atom is 0.277 e. The Morgan fingerprint density at radius 1 is 1.04 bits per heavy atom. The van der Waals surface area contributed by atoms with Crippen LogP contribution in [0.1, 0.15) is 5.56 Å². The van der Waals surface area contributed by atoms with Crippen molar-refractivity contribution < 1.29 is 9.53 Å². The summed E-state index contributed by atoms with van der Waals surface area (Å²) in [5.41, 5.74) is 3.34. The Hall–Kier alpha value is -2.85. The Labute approximate surface area is 144 Å². The maximum atomic E-state index is 11.7. The lowest BCUT2D eigenvalue weighted by Gasteiger charge is -2.06. The third-order valence-corrected chi connectivity index (χ3v) is 3.68. The minimum Gasteiger partial charge on any atom is -0.482 e. The van der Waals surface area contributed by atoms with Crippen LogP contribution in [0.5, 0.6) is 5.75 Å². The largest absolute Gasteiger partial charge is 0.482 e. The number of fused-ring (bicyclic) bond motifs is 1. The van der Waals surface area contributed by atoms with Gasteiger partial charge in [0.25, 0.3) is 5.91 Å². The van der Waals surface area contributed by atoms with E-state index in [4.69, 9.17) is 16.3 Å². The fourth-order valence-electron chi connectivity index (χ4n) is 2.20. The van der Waals surface area contributed by atoms with Gasteiger partial charge in [-0.3, -0.25) is 4.79 Å².